The van der Waals surface area contributed by atoms with Crippen LogP contribution in [0.2, 0.25) is 0 Å². The standard InChI is InChI=1S/C24H22N2O4/c27-19-4-2-1-3-18(19)25-20(28)13-14-5-11-17(12-6-14)26-23(29)21-15-7-8-16(10-9-15)22(21)24(26)30/h1-8,11-12,15-16,21-22,27H,9-10,13H2,(H,25,28). The second kappa shape index (κ2) is 7.13. The molecule has 2 aromatic carbocycles. The molecular weight excluding hydrogens is 380 g/mol. The maximum absolute atomic E-state index is 13.0. The van der Waals surface area contributed by atoms with Crippen LogP contribution in [-0.2, 0) is 20.8 Å². The fourth-order valence-corrected chi connectivity index (χ4v) is 5.05. The minimum Gasteiger partial charge on any atom is -0.506 e. The molecule has 1 aliphatic heterocycles. The summed E-state index contributed by atoms with van der Waals surface area (Å²) >= 11 is 0. The van der Waals surface area contributed by atoms with Crippen LogP contribution in [0, 0.1) is 23.7 Å². The molecule has 1 heterocycles. The molecule has 2 aromatic rings. The monoisotopic (exact) mass is 402 g/mol. The van der Waals surface area contributed by atoms with Gasteiger partial charge in [0, 0.05) is 0 Å². The first kappa shape index (κ1) is 18.6. The highest BCUT2D eigenvalue weighted by Crippen LogP contribution is 2.50. The normalized spacial score (nSPS) is 26.7. The van der Waals surface area contributed by atoms with Gasteiger partial charge in [-0.1, -0.05) is 36.4 Å². The lowest BCUT2D eigenvalue weighted by Crippen LogP contribution is -2.38. The number of aromatic hydroxyl groups is 1. The zero-order valence-electron chi connectivity index (χ0n) is 16.3. The highest BCUT2D eigenvalue weighted by Gasteiger charge is 2.56. The van der Waals surface area contributed by atoms with Gasteiger partial charge in [-0.2, -0.15) is 0 Å². The molecular formula is C24H22N2O4. The van der Waals surface area contributed by atoms with Gasteiger partial charge >= 0.3 is 0 Å². The van der Waals surface area contributed by atoms with Crippen molar-refractivity contribution < 1.29 is 19.5 Å². The van der Waals surface area contributed by atoms with Gasteiger partial charge in [0.1, 0.15) is 5.75 Å². The van der Waals surface area contributed by atoms with Crippen LogP contribution in [0.25, 0.3) is 0 Å². The zero-order valence-corrected chi connectivity index (χ0v) is 16.3. The van der Waals surface area contributed by atoms with E-state index in [4.69, 9.17) is 0 Å². The summed E-state index contributed by atoms with van der Waals surface area (Å²) in [5.41, 5.74) is 1.67. The summed E-state index contributed by atoms with van der Waals surface area (Å²) in [6, 6.07) is 13.5. The lowest BCUT2D eigenvalue weighted by Gasteiger charge is -2.38. The van der Waals surface area contributed by atoms with Crippen LogP contribution in [0.15, 0.2) is 60.7 Å². The Hall–Kier alpha value is -3.41. The Balaban J connectivity index is 1.30. The summed E-state index contributed by atoms with van der Waals surface area (Å²) in [5, 5.41) is 12.5. The van der Waals surface area contributed by atoms with Crippen LogP contribution < -0.4 is 10.2 Å². The predicted octanol–water partition coefficient (Wildman–Crippen LogP) is 3.28. The molecule has 2 fully saturated rings. The quantitative estimate of drug-likeness (QED) is 0.467. The van der Waals surface area contributed by atoms with Crippen molar-refractivity contribution in [3.05, 3.63) is 66.2 Å². The highest BCUT2D eigenvalue weighted by atomic mass is 16.3. The van der Waals surface area contributed by atoms with Gasteiger partial charge < -0.3 is 10.4 Å². The molecule has 4 aliphatic rings. The van der Waals surface area contributed by atoms with E-state index in [2.05, 4.69) is 17.5 Å². The van der Waals surface area contributed by atoms with Gasteiger partial charge in [0.05, 0.1) is 29.6 Å². The van der Waals surface area contributed by atoms with Gasteiger partial charge in [-0.15, -0.1) is 0 Å². The van der Waals surface area contributed by atoms with Crippen LogP contribution in [-0.4, -0.2) is 22.8 Å². The van der Waals surface area contributed by atoms with E-state index < -0.39 is 0 Å². The van der Waals surface area contributed by atoms with Crippen LogP contribution in [0.3, 0.4) is 0 Å². The third kappa shape index (κ3) is 3.00. The average Bonchev–Trinajstić information content (AvgIpc) is 3.04. The van der Waals surface area contributed by atoms with Gasteiger partial charge in [-0.25, -0.2) is 0 Å². The number of fused-ring (bicyclic) bond motifs is 1. The van der Waals surface area contributed by atoms with Gasteiger partial charge in [-0.3, -0.25) is 19.3 Å². The zero-order chi connectivity index (χ0) is 20.8. The largest absolute Gasteiger partial charge is 0.506 e. The Morgan fingerprint density at radius 3 is 2.10 bits per heavy atom. The molecule has 1 saturated carbocycles. The molecule has 30 heavy (non-hydrogen) atoms. The summed E-state index contributed by atoms with van der Waals surface area (Å²) in [6.45, 7) is 0. The van der Waals surface area contributed by atoms with Crippen molar-refractivity contribution >= 4 is 29.1 Å². The van der Waals surface area contributed by atoms with Crippen molar-refractivity contribution in [3.63, 3.8) is 0 Å². The second-order valence-corrected chi connectivity index (χ2v) is 8.26. The summed E-state index contributed by atoms with van der Waals surface area (Å²) < 4.78 is 0. The number of phenols is 1. The van der Waals surface area contributed by atoms with E-state index >= 15 is 0 Å². The average molecular weight is 402 g/mol. The van der Waals surface area contributed by atoms with Crippen molar-refractivity contribution in [2.24, 2.45) is 23.7 Å². The number of amides is 3. The number of nitrogens with one attached hydrogen (secondary N) is 1. The summed E-state index contributed by atoms with van der Waals surface area (Å²) in [7, 11) is 0. The molecule has 3 aliphatic carbocycles. The fraction of sp³-hybridized carbons (Fsp3) is 0.292. The van der Waals surface area contributed by atoms with E-state index in [1.54, 1.807) is 42.5 Å². The highest BCUT2D eigenvalue weighted by molar-refractivity contribution is 6.22. The Morgan fingerprint density at radius 2 is 1.53 bits per heavy atom. The molecule has 6 nitrogen and oxygen atoms in total. The molecule has 6 rings (SSSR count). The first-order valence-corrected chi connectivity index (χ1v) is 10.3. The minimum atomic E-state index is -0.258. The number of para-hydroxylation sites is 2. The molecule has 2 bridgehead atoms. The molecule has 3 amide bonds. The Morgan fingerprint density at radius 1 is 0.933 bits per heavy atom. The van der Waals surface area contributed by atoms with Crippen LogP contribution >= 0.6 is 0 Å². The van der Waals surface area contributed by atoms with E-state index in [1.807, 2.05) is 0 Å². The van der Waals surface area contributed by atoms with E-state index in [1.165, 1.54) is 11.0 Å². The molecule has 4 atom stereocenters. The van der Waals surface area contributed by atoms with Crippen LogP contribution in [0.1, 0.15) is 18.4 Å². The van der Waals surface area contributed by atoms with Gasteiger partial charge in [0.15, 0.2) is 0 Å². The maximum Gasteiger partial charge on any atom is 0.238 e. The van der Waals surface area contributed by atoms with Gasteiger partial charge in [0.2, 0.25) is 17.7 Å². The van der Waals surface area contributed by atoms with Crippen molar-refractivity contribution in [2.75, 3.05) is 10.2 Å². The van der Waals surface area contributed by atoms with Crippen molar-refractivity contribution in [1.29, 1.82) is 0 Å². The molecule has 152 valence electrons. The van der Waals surface area contributed by atoms with Crippen molar-refractivity contribution in [1.82, 2.24) is 0 Å². The van der Waals surface area contributed by atoms with E-state index in [0.717, 1.165) is 18.4 Å². The number of nitrogens with zero attached hydrogens (tertiary/aromatic N) is 1. The number of carbonyl (C=O) groups excluding carboxylic acids is 3. The number of phenolic OH excluding ortho intramolecular Hbond substituents is 1. The topological polar surface area (TPSA) is 86.7 Å². The van der Waals surface area contributed by atoms with Crippen LogP contribution in [0.4, 0.5) is 11.4 Å². The third-order valence-electron chi connectivity index (χ3n) is 6.50. The minimum absolute atomic E-state index is 0.0113. The lowest BCUT2D eigenvalue weighted by molar-refractivity contribution is -0.124. The number of allylic oxidation sites excluding steroid dienone is 2. The molecule has 2 N–H and O–H groups in total. The summed E-state index contributed by atoms with van der Waals surface area (Å²) in [6.07, 6.45) is 6.28. The molecule has 0 radical (unpaired) electrons. The number of imide groups is 1. The number of rotatable bonds is 4. The SMILES string of the molecule is O=C(Cc1ccc(N2C(=O)C3C4C=CC(CC4)C3C2=O)cc1)Nc1ccccc1O. The number of hydrogen-bond acceptors (Lipinski definition) is 4. The van der Waals surface area contributed by atoms with Crippen molar-refractivity contribution in [2.45, 2.75) is 19.3 Å². The van der Waals surface area contributed by atoms with E-state index in [9.17, 15) is 19.5 Å². The third-order valence-corrected chi connectivity index (χ3v) is 6.50. The summed E-state index contributed by atoms with van der Waals surface area (Å²) in [4.78, 5) is 39.7. The number of hydrogen-bond donors (Lipinski definition) is 2. The molecule has 4 unspecified atom stereocenters. The van der Waals surface area contributed by atoms with Gasteiger partial charge in [-0.05, 0) is 54.5 Å². The van der Waals surface area contributed by atoms with E-state index in [-0.39, 0.29) is 53.6 Å². The number of anilines is 2. The number of benzene rings is 2. The molecule has 1 saturated heterocycles. The number of carbonyl (C=O) groups is 3. The predicted molar refractivity (Wildman–Crippen MR) is 112 cm³/mol. The van der Waals surface area contributed by atoms with Crippen molar-refractivity contribution in [3.8, 4) is 5.75 Å². The van der Waals surface area contributed by atoms with Crippen LogP contribution in [0.5, 0.6) is 5.75 Å². The summed E-state index contributed by atoms with van der Waals surface area (Å²) in [5.74, 6) is -0.584. The molecule has 0 aromatic heterocycles. The lowest BCUT2D eigenvalue weighted by atomic mass is 9.63. The maximum atomic E-state index is 13.0. The first-order chi connectivity index (χ1) is 14.5. The Labute approximate surface area is 174 Å². The molecule has 6 heteroatoms. The molecule has 0 spiro atoms. The Bertz CT molecular complexity index is 1030. The second-order valence-electron chi connectivity index (χ2n) is 8.26. The fourth-order valence-electron chi connectivity index (χ4n) is 5.05. The van der Waals surface area contributed by atoms with E-state index in [0.29, 0.717) is 11.4 Å². The Kier molecular flexibility index (Phi) is 4.42. The van der Waals surface area contributed by atoms with Gasteiger partial charge in [0.25, 0.3) is 0 Å². The smallest absolute Gasteiger partial charge is 0.238 e. The first-order valence-electron chi connectivity index (χ1n) is 10.3.